The van der Waals surface area contributed by atoms with Crippen molar-refractivity contribution in [1.82, 2.24) is 19.6 Å². The average molecular weight is 519 g/mol. The van der Waals surface area contributed by atoms with Crippen LogP contribution in [-0.2, 0) is 16.4 Å². The van der Waals surface area contributed by atoms with Crippen molar-refractivity contribution in [3.05, 3.63) is 108 Å². The molecule has 2 N–H and O–H groups in total. The Bertz CT molecular complexity index is 1450. The van der Waals surface area contributed by atoms with Crippen LogP contribution in [0.4, 0.5) is 4.79 Å². The van der Waals surface area contributed by atoms with E-state index in [0.717, 1.165) is 17.0 Å². The Labute approximate surface area is 217 Å². The summed E-state index contributed by atoms with van der Waals surface area (Å²) < 4.78 is 35.5. The Kier molecular flexibility index (Phi) is 7.93. The second kappa shape index (κ2) is 11.3. The highest BCUT2D eigenvalue weighted by Gasteiger charge is 2.25. The lowest BCUT2D eigenvalue weighted by molar-refractivity contribution is 0.241. The molecule has 3 aromatic carbocycles. The maximum absolute atomic E-state index is 13.0. The molecule has 0 aliphatic rings. The number of imidazole rings is 1. The monoisotopic (exact) mass is 518 g/mol. The van der Waals surface area contributed by atoms with E-state index in [0.29, 0.717) is 17.8 Å². The van der Waals surface area contributed by atoms with E-state index in [1.54, 1.807) is 37.5 Å². The third-order valence-electron chi connectivity index (χ3n) is 5.67. The number of hydrogen-bond donors (Lipinski definition) is 2. The van der Waals surface area contributed by atoms with Crippen LogP contribution in [0.15, 0.2) is 96.2 Å². The van der Waals surface area contributed by atoms with Gasteiger partial charge in [-0.3, -0.25) is 0 Å². The van der Waals surface area contributed by atoms with Gasteiger partial charge in [-0.15, -0.1) is 0 Å². The Morgan fingerprint density at radius 2 is 1.65 bits per heavy atom. The van der Waals surface area contributed by atoms with Gasteiger partial charge in [-0.05, 0) is 68.7 Å². The minimum atomic E-state index is -4.06. The van der Waals surface area contributed by atoms with Crippen LogP contribution in [-0.4, -0.2) is 30.1 Å². The van der Waals surface area contributed by atoms with Crippen LogP contribution >= 0.6 is 0 Å². The van der Waals surface area contributed by atoms with Gasteiger partial charge in [0.15, 0.2) is 0 Å². The van der Waals surface area contributed by atoms with Gasteiger partial charge in [-0.25, -0.2) is 22.9 Å². The highest BCUT2D eigenvalue weighted by atomic mass is 32.2. The maximum Gasteiger partial charge on any atom is 0.329 e. The smallest absolute Gasteiger partial charge is 0.329 e. The van der Waals surface area contributed by atoms with Crippen molar-refractivity contribution in [1.29, 1.82) is 0 Å². The molecule has 4 aromatic rings. The highest BCUT2D eigenvalue weighted by Crippen LogP contribution is 2.23. The second-order valence-corrected chi connectivity index (χ2v) is 10.6. The zero-order valence-electron chi connectivity index (χ0n) is 21.0. The third kappa shape index (κ3) is 6.56. The summed E-state index contributed by atoms with van der Waals surface area (Å²) in [7, 11) is -4.06. The van der Waals surface area contributed by atoms with E-state index in [1.165, 1.54) is 6.07 Å². The second-order valence-electron chi connectivity index (χ2n) is 8.90. The molecule has 0 fully saturated rings. The number of aryl methyl sites for hydroxylation is 1. The predicted molar refractivity (Wildman–Crippen MR) is 142 cm³/mol. The van der Waals surface area contributed by atoms with Gasteiger partial charge < -0.3 is 14.6 Å². The number of rotatable bonds is 9. The average Bonchev–Trinajstić information content (AvgIpc) is 3.34. The molecule has 0 spiro atoms. The van der Waals surface area contributed by atoms with E-state index >= 15 is 0 Å². The van der Waals surface area contributed by atoms with Crippen LogP contribution < -0.4 is 14.8 Å². The minimum absolute atomic E-state index is 0.0509. The molecule has 0 unspecified atom stereocenters. The van der Waals surface area contributed by atoms with Crippen LogP contribution in [0, 0.1) is 6.92 Å². The highest BCUT2D eigenvalue weighted by molar-refractivity contribution is 7.90. The molecular formula is C28H30N4O4S. The van der Waals surface area contributed by atoms with Gasteiger partial charge in [-0.1, -0.05) is 48.5 Å². The fraction of sp³-hybridized carbons (Fsp3) is 0.214. The van der Waals surface area contributed by atoms with E-state index in [2.05, 4.69) is 15.0 Å². The molecule has 0 bridgehead atoms. The van der Waals surface area contributed by atoms with Gasteiger partial charge in [-0.2, -0.15) is 0 Å². The molecule has 0 saturated carbocycles. The van der Waals surface area contributed by atoms with Crippen molar-refractivity contribution >= 4 is 16.1 Å². The van der Waals surface area contributed by atoms with E-state index in [-0.39, 0.29) is 11.0 Å². The molecule has 37 heavy (non-hydrogen) atoms. The summed E-state index contributed by atoms with van der Waals surface area (Å²) in [6.45, 7) is 5.61. The summed E-state index contributed by atoms with van der Waals surface area (Å²) >= 11 is 0. The number of amides is 2. The molecule has 0 saturated heterocycles. The lowest BCUT2D eigenvalue weighted by Crippen LogP contribution is -2.42. The van der Waals surface area contributed by atoms with Gasteiger partial charge in [0, 0.05) is 18.1 Å². The molecule has 8 nitrogen and oxygen atoms in total. The summed E-state index contributed by atoms with van der Waals surface area (Å²) in [5, 5.41) is 2.82. The molecule has 1 heterocycles. The summed E-state index contributed by atoms with van der Waals surface area (Å²) in [5.41, 5.74) is 2.34. The number of carbonyl (C=O) groups is 1. The number of hydrogen-bond acceptors (Lipinski definition) is 5. The van der Waals surface area contributed by atoms with E-state index in [9.17, 15) is 13.2 Å². The van der Waals surface area contributed by atoms with Crippen LogP contribution in [0.25, 0.3) is 5.69 Å². The summed E-state index contributed by atoms with van der Waals surface area (Å²) in [6, 6.07) is 22.2. The molecule has 1 aromatic heterocycles. The van der Waals surface area contributed by atoms with Gasteiger partial charge >= 0.3 is 6.03 Å². The van der Waals surface area contributed by atoms with Gasteiger partial charge in [0.2, 0.25) is 0 Å². The normalized spacial score (nSPS) is 12.2. The molecule has 0 aliphatic heterocycles. The molecule has 0 aliphatic carbocycles. The lowest BCUT2D eigenvalue weighted by atomic mass is 10.1. The Balaban J connectivity index is 1.61. The Morgan fingerprint density at radius 1 is 0.973 bits per heavy atom. The topological polar surface area (TPSA) is 102 Å². The largest absolute Gasteiger partial charge is 0.491 e. The Hall–Kier alpha value is -4.11. The first-order chi connectivity index (χ1) is 17.7. The predicted octanol–water partition coefficient (Wildman–Crippen LogP) is 4.94. The zero-order chi connectivity index (χ0) is 26.4. The number of nitrogens with zero attached hydrogens (tertiary/aromatic N) is 2. The molecule has 0 radical (unpaired) electrons. The first kappa shape index (κ1) is 26.0. The summed E-state index contributed by atoms with van der Waals surface area (Å²) in [4.78, 5) is 17.6. The van der Waals surface area contributed by atoms with Gasteiger partial charge in [0.1, 0.15) is 11.6 Å². The molecule has 192 valence electrons. The minimum Gasteiger partial charge on any atom is -0.491 e. The van der Waals surface area contributed by atoms with Crippen molar-refractivity contribution in [2.75, 3.05) is 0 Å². The number of carbonyl (C=O) groups excluding carboxylic acids is 1. The quantitative estimate of drug-likeness (QED) is 0.327. The van der Waals surface area contributed by atoms with E-state index in [4.69, 9.17) is 4.74 Å². The van der Waals surface area contributed by atoms with Crippen LogP contribution in [0.3, 0.4) is 0 Å². The number of benzene rings is 3. The number of ether oxygens (including phenoxy) is 1. The van der Waals surface area contributed by atoms with E-state index < -0.39 is 22.1 Å². The van der Waals surface area contributed by atoms with Gasteiger partial charge in [0.25, 0.3) is 10.0 Å². The fourth-order valence-corrected chi connectivity index (χ4v) is 5.19. The number of urea groups is 1. The van der Waals surface area contributed by atoms with E-state index in [1.807, 2.05) is 73.0 Å². The van der Waals surface area contributed by atoms with Gasteiger partial charge in [0.05, 0.1) is 17.0 Å². The fourth-order valence-electron chi connectivity index (χ4n) is 4.03. The van der Waals surface area contributed by atoms with Crippen molar-refractivity contribution in [2.24, 2.45) is 0 Å². The van der Waals surface area contributed by atoms with Crippen LogP contribution in [0.5, 0.6) is 5.75 Å². The number of aromatic nitrogens is 2. The van der Waals surface area contributed by atoms with Crippen molar-refractivity contribution < 1.29 is 17.9 Å². The van der Waals surface area contributed by atoms with Crippen molar-refractivity contribution in [3.8, 4) is 11.4 Å². The van der Waals surface area contributed by atoms with Crippen LogP contribution in [0.1, 0.15) is 36.8 Å². The lowest BCUT2D eigenvalue weighted by Gasteiger charge is -2.21. The first-order valence-corrected chi connectivity index (χ1v) is 13.4. The molecule has 2 amide bonds. The molecule has 4 rings (SSSR count). The first-order valence-electron chi connectivity index (χ1n) is 12.0. The molecular weight excluding hydrogens is 488 g/mol. The maximum atomic E-state index is 13.0. The Morgan fingerprint density at radius 3 is 2.32 bits per heavy atom. The summed E-state index contributed by atoms with van der Waals surface area (Å²) in [6.07, 6.45) is 3.92. The molecule has 1 atom stereocenters. The molecule has 9 heteroatoms. The standard InChI is InChI=1S/C28H30N4O4S/c1-20(2)36-24-15-13-23(14-16-24)32-18-17-29-27(32)25(19-22-10-5-4-6-11-22)30-28(33)31-37(34,35)26-12-8-7-9-21(26)3/h4-18,20,25H,19H2,1-3H3,(H2,30,31,33)/t25-/m0/s1. The van der Waals surface area contributed by atoms with Crippen molar-refractivity contribution in [2.45, 2.75) is 44.2 Å². The van der Waals surface area contributed by atoms with Crippen LogP contribution in [0.2, 0.25) is 0 Å². The zero-order valence-corrected chi connectivity index (χ0v) is 21.8. The number of nitrogens with one attached hydrogen (secondary N) is 2. The third-order valence-corrected chi connectivity index (χ3v) is 7.16. The summed E-state index contributed by atoms with van der Waals surface area (Å²) in [5.74, 6) is 1.31. The van der Waals surface area contributed by atoms with Crippen molar-refractivity contribution in [3.63, 3.8) is 0 Å². The number of sulfonamides is 1. The SMILES string of the molecule is Cc1ccccc1S(=O)(=O)NC(=O)N[C@@H](Cc1ccccc1)c1nccn1-c1ccc(OC(C)C)cc1.